The van der Waals surface area contributed by atoms with Gasteiger partial charge in [0.15, 0.2) is 6.61 Å². The van der Waals surface area contributed by atoms with Gasteiger partial charge >= 0.3 is 0 Å². The Bertz CT molecular complexity index is 994. The number of hydrogen-bond acceptors (Lipinski definition) is 7. The summed E-state index contributed by atoms with van der Waals surface area (Å²) in [5.74, 6) is 1.30. The monoisotopic (exact) mass is 407 g/mol. The summed E-state index contributed by atoms with van der Waals surface area (Å²) in [7, 11) is 0. The van der Waals surface area contributed by atoms with E-state index in [-0.39, 0.29) is 12.5 Å². The van der Waals surface area contributed by atoms with Crippen molar-refractivity contribution in [2.75, 3.05) is 23.3 Å². The predicted octanol–water partition coefficient (Wildman–Crippen LogP) is 3.14. The van der Waals surface area contributed by atoms with Gasteiger partial charge in [-0.05, 0) is 55.3 Å². The molecule has 4 rings (SSSR count). The van der Waals surface area contributed by atoms with E-state index < -0.39 is 0 Å². The molecule has 0 radical (unpaired) electrons. The maximum absolute atomic E-state index is 12.6. The molecule has 3 aromatic rings. The molecule has 1 saturated heterocycles. The highest BCUT2D eigenvalue weighted by molar-refractivity contribution is 6.04. The largest absolute Gasteiger partial charge is 0.485 e. The average Bonchev–Trinajstić information content (AvgIpc) is 3.19. The van der Waals surface area contributed by atoms with Gasteiger partial charge in [-0.3, -0.25) is 4.79 Å². The summed E-state index contributed by atoms with van der Waals surface area (Å²) in [6, 6.07) is 15.2. The van der Waals surface area contributed by atoms with Gasteiger partial charge in [0.2, 0.25) is 11.7 Å². The minimum absolute atomic E-state index is 0.172. The molecule has 156 valence electrons. The zero-order valence-corrected chi connectivity index (χ0v) is 16.9. The van der Waals surface area contributed by atoms with Crippen molar-refractivity contribution in [3.05, 3.63) is 65.8 Å². The summed E-state index contributed by atoms with van der Waals surface area (Å²) in [6.07, 6.45) is 2.01. The van der Waals surface area contributed by atoms with Crippen LogP contribution in [0.15, 0.2) is 53.1 Å². The number of carbonyl (C=O) groups is 1. The first-order chi connectivity index (χ1) is 14.6. The number of anilines is 2. The third kappa shape index (κ3) is 4.96. The molecule has 1 fully saturated rings. The molecular formula is C22H25N5O3. The second kappa shape index (κ2) is 8.96. The summed E-state index contributed by atoms with van der Waals surface area (Å²) >= 11 is 0. The number of nitrogens with two attached hydrogens (primary N) is 1. The molecule has 0 aliphatic carbocycles. The summed E-state index contributed by atoms with van der Waals surface area (Å²) in [5.41, 5.74) is 8.37. The SMILES string of the molecule is Cc1nc(COc2cccc(C(=O)Nc3ccc(N4CCC(N)CC4)cc3)c2)no1. The molecule has 0 bridgehead atoms. The van der Waals surface area contributed by atoms with E-state index in [0.717, 1.165) is 37.3 Å². The van der Waals surface area contributed by atoms with Crippen LogP contribution in [0.5, 0.6) is 5.75 Å². The lowest BCUT2D eigenvalue weighted by Gasteiger charge is -2.32. The molecule has 0 saturated carbocycles. The highest BCUT2D eigenvalue weighted by Gasteiger charge is 2.16. The van der Waals surface area contributed by atoms with Gasteiger partial charge in [-0.15, -0.1) is 0 Å². The van der Waals surface area contributed by atoms with Crippen molar-refractivity contribution in [1.82, 2.24) is 10.1 Å². The van der Waals surface area contributed by atoms with Crippen LogP contribution in [-0.2, 0) is 6.61 Å². The number of benzene rings is 2. The number of carbonyl (C=O) groups excluding carboxylic acids is 1. The molecule has 0 atom stereocenters. The Labute approximate surface area is 175 Å². The van der Waals surface area contributed by atoms with Crippen molar-refractivity contribution in [2.24, 2.45) is 5.73 Å². The standard InChI is InChI=1S/C22H25N5O3/c1-15-24-21(26-30-15)14-29-20-4-2-3-16(13-20)22(28)25-18-5-7-19(8-6-18)27-11-9-17(23)10-12-27/h2-8,13,17H,9-12,14,23H2,1H3,(H,25,28). The molecule has 2 heterocycles. The maximum atomic E-state index is 12.6. The number of aryl methyl sites for hydroxylation is 1. The van der Waals surface area contributed by atoms with Crippen molar-refractivity contribution in [3.63, 3.8) is 0 Å². The normalized spacial score (nSPS) is 14.5. The highest BCUT2D eigenvalue weighted by Crippen LogP contribution is 2.22. The van der Waals surface area contributed by atoms with Crippen LogP contribution in [-0.4, -0.2) is 35.2 Å². The summed E-state index contributed by atoms with van der Waals surface area (Å²) in [5, 5.41) is 6.72. The fourth-order valence-corrected chi connectivity index (χ4v) is 3.39. The molecule has 1 amide bonds. The molecule has 1 aromatic heterocycles. The molecule has 1 aliphatic heterocycles. The van der Waals surface area contributed by atoms with Crippen LogP contribution in [0.4, 0.5) is 11.4 Å². The number of aromatic nitrogens is 2. The van der Waals surface area contributed by atoms with Crippen molar-refractivity contribution < 1.29 is 14.1 Å². The van der Waals surface area contributed by atoms with Crippen molar-refractivity contribution in [1.29, 1.82) is 0 Å². The number of amides is 1. The van der Waals surface area contributed by atoms with E-state index in [1.165, 1.54) is 0 Å². The average molecular weight is 407 g/mol. The zero-order chi connectivity index (χ0) is 20.9. The van der Waals surface area contributed by atoms with Gasteiger partial charge in [0.1, 0.15) is 5.75 Å². The predicted molar refractivity (Wildman–Crippen MR) is 114 cm³/mol. The van der Waals surface area contributed by atoms with Crippen LogP contribution in [0.1, 0.15) is 34.9 Å². The fraction of sp³-hybridized carbons (Fsp3) is 0.318. The van der Waals surface area contributed by atoms with Crippen LogP contribution >= 0.6 is 0 Å². The molecule has 8 heteroatoms. The van der Waals surface area contributed by atoms with E-state index >= 15 is 0 Å². The molecule has 1 aliphatic rings. The number of hydrogen-bond donors (Lipinski definition) is 2. The Morgan fingerprint density at radius 1 is 1.23 bits per heavy atom. The number of piperidine rings is 1. The van der Waals surface area contributed by atoms with Gasteiger partial charge < -0.3 is 25.2 Å². The lowest BCUT2D eigenvalue weighted by Crippen LogP contribution is -2.39. The van der Waals surface area contributed by atoms with E-state index in [2.05, 4.69) is 20.4 Å². The van der Waals surface area contributed by atoms with Crippen molar-refractivity contribution >= 4 is 17.3 Å². The van der Waals surface area contributed by atoms with Crippen LogP contribution in [0.2, 0.25) is 0 Å². The number of nitrogens with zero attached hydrogens (tertiary/aromatic N) is 3. The minimum atomic E-state index is -0.201. The van der Waals surface area contributed by atoms with Gasteiger partial charge in [0.05, 0.1) is 0 Å². The minimum Gasteiger partial charge on any atom is -0.485 e. The smallest absolute Gasteiger partial charge is 0.255 e. The lowest BCUT2D eigenvalue weighted by atomic mass is 10.1. The molecule has 8 nitrogen and oxygen atoms in total. The van der Waals surface area contributed by atoms with E-state index in [1.54, 1.807) is 31.2 Å². The molecule has 0 unspecified atom stereocenters. The van der Waals surface area contributed by atoms with Crippen LogP contribution in [0, 0.1) is 6.92 Å². The fourth-order valence-electron chi connectivity index (χ4n) is 3.39. The van der Waals surface area contributed by atoms with E-state index in [9.17, 15) is 4.79 Å². The maximum Gasteiger partial charge on any atom is 0.255 e. The third-order valence-electron chi connectivity index (χ3n) is 5.06. The summed E-state index contributed by atoms with van der Waals surface area (Å²) in [4.78, 5) is 19.0. The number of ether oxygens (including phenoxy) is 1. The lowest BCUT2D eigenvalue weighted by molar-refractivity contribution is 0.102. The van der Waals surface area contributed by atoms with Crippen LogP contribution in [0.3, 0.4) is 0 Å². The van der Waals surface area contributed by atoms with Gasteiger partial charge in [0.25, 0.3) is 5.91 Å². The Balaban J connectivity index is 1.35. The molecular weight excluding hydrogens is 382 g/mol. The van der Waals surface area contributed by atoms with Crippen molar-refractivity contribution in [2.45, 2.75) is 32.4 Å². The summed E-state index contributed by atoms with van der Waals surface area (Å²) < 4.78 is 10.6. The Morgan fingerprint density at radius 2 is 2.00 bits per heavy atom. The van der Waals surface area contributed by atoms with Crippen molar-refractivity contribution in [3.8, 4) is 5.75 Å². The number of nitrogens with one attached hydrogen (secondary N) is 1. The Kier molecular flexibility index (Phi) is 5.94. The highest BCUT2D eigenvalue weighted by atomic mass is 16.5. The molecule has 0 spiro atoms. The number of rotatable bonds is 6. The molecule has 3 N–H and O–H groups in total. The first kappa shape index (κ1) is 19.9. The van der Waals surface area contributed by atoms with Gasteiger partial charge in [-0.2, -0.15) is 4.98 Å². The first-order valence-electron chi connectivity index (χ1n) is 10.0. The Morgan fingerprint density at radius 3 is 2.70 bits per heavy atom. The second-order valence-corrected chi connectivity index (χ2v) is 7.37. The third-order valence-corrected chi connectivity index (χ3v) is 5.06. The molecule has 2 aromatic carbocycles. The molecule has 30 heavy (non-hydrogen) atoms. The quantitative estimate of drug-likeness (QED) is 0.646. The van der Waals surface area contributed by atoms with Gasteiger partial charge in [-0.1, -0.05) is 11.2 Å². The van der Waals surface area contributed by atoms with Gasteiger partial charge in [0, 0.05) is 43.0 Å². The Hall–Kier alpha value is -3.39. The zero-order valence-electron chi connectivity index (χ0n) is 16.9. The van der Waals surface area contributed by atoms with Gasteiger partial charge in [-0.25, -0.2) is 0 Å². The first-order valence-corrected chi connectivity index (χ1v) is 10.0. The van der Waals surface area contributed by atoms with E-state index in [4.69, 9.17) is 15.0 Å². The van der Waals surface area contributed by atoms with E-state index in [1.807, 2.05) is 24.3 Å². The summed E-state index contributed by atoms with van der Waals surface area (Å²) in [6.45, 7) is 3.81. The van der Waals surface area contributed by atoms with Crippen LogP contribution < -0.4 is 20.7 Å². The van der Waals surface area contributed by atoms with Crippen LogP contribution in [0.25, 0.3) is 0 Å². The topological polar surface area (TPSA) is 107 Å². The second-order valence-electron chi connectivity index (χ2n) is 7.37. The van der Waals surface area contributed by atoms with E-state index in [0.29, 0.717) is 29.1 Å².